The summed E-state index contributed by atoms with van der Waals surface area (Å²) in [5.74, 6) is -0.476. The van der Waals surface area contributed by atoms with Crippen molar-refractivity contribution in [1.82, 2.24) is 0 Å². The summed E-state index contributed by atoms with van der Waals surface area (Å²) in [7, 11) is 0. The molecule has 0 aliphatic heterocycles. The lowest BCUT2D eigenvalue weighted by atomic mass is 10.1. The first-order valence-corrected chi connectivity index (χ1v) is 5.68. The fourth-order valence-electron chi connectivity index (χ4n) is 1.71. The van der Waals surface area contributed by atoms with Gasteiger partial charge in [0.05, 0.1) is 12.6 Å². The maximum absolute atomic E-state index is 10.5. The van der Waals surface area contributed by atoms with Crippen LogP contribution in [0.2, 0.25) is 0 Å². The number of hydrogen-bond acceptors (Lipinski definition) is 3. The van der Waals surface area contributed by atoms with E-state index in [2.05, 4.69) is 6.58 Å². The van der Waals surface area contributed by atoms with E-state index in [0.717, 1.165) is 16.5 Å². The molecule has 2 rings (SSSR count). The van der Waals surface area contributed by atoms with Crippen molar-refractivity contribution < 1.29 is 14.6 Å². The minimum Gasteiger partial charge on any atom is -0.545 e. The van der Waals surface area contributed by atoms with Crippen molar-refractivity contribution in [1.29, 1.82) is 0 Å². The molecule has 2 aromatic carbocycles. The number of aliphatic carboxylic acids is 1. The van der Waals surface area contributed by atoms with Gasteiger partial charge in [0.25, 0.3) is 0 Å². The SMILES string of the molecule is C=C(CCOc1cccc2ccccc12)C(=O)[O-]. The van der Waals surface area contributed by atoms with Gasteiger partial charge >= 0.3 is 0 Å². The second-order valence-electron chi connectivity index (χ2n) is 3.97. The molecule has 0 heterocycles. The fraction of sp³-hybridized carbons (Fsp3) is 0.133. The van der Waals surface area contributed by atoms with E-state index in [4.69, 9.17) is 4.74 Å². The quantitative estimate of drug-likeness (QED) is 0.751. The van der Waals surface area contributed by atoms with Gasteiger partial charge < -0.3 is 14.6 Å². The van der Waals surface area contributed by atoms with Gasteiger partial charge in [-0.1, -0.05) is 43.0 Å². The second-order valence-corrected chi connectivity index (χ2v) is 3.97. The number of ether oxygens (including phenoxy) is 1. The molecule has 0 amide bonds. The minimum absolute atomic E-state index is 0.0511. The van der Waals surface area contributed by atoms with Crippen LogP contribution in [0.1, 0.15) is 6.42 Å². The van der Waals surface area contributed by atoms with Gasteiger partial charge in [-0.05, 0) is 17.0 Å². The highest BCUT2D eigenvalue weighted by Crippen LogP contribution is 2.25. The van der Waals surface area contributed by atoms with Crippen molar-refractivity contribution in [3.63, 3.8) is 0 Å². The highest BCUT2D eigenvalue weighted by Gasteiger charge is 2.01. The predicted molar refractivity (Wildman–Crippen MR) is 68.2 cm³/mol. The standard InChI is InChI=1S/C15H14O3/c1-11(15(16)17)9-10-18-14-8-4-6-12-5-2-3-7-13(12)14/h2-8H,1,9-10H2,(H,16,17)/p-1. The molecule has 3 nitrogen and oxygen atoms in total. The molecule has 2 aromatic rings. The first-order chi connectivity index (χ1) is 8.68. The number of hydrogen-bond donors (Lipinski definition) is 0. The monoisotopic (exact) mass is 241 g/mol. The van der Waals surface area contributed by atoms with Crippen LogP contribution in [-0.2, 0) is 4.79 Å². The molecule has 0 atom stereocenters. The number of benzene rings is 2. The van der Waals surface area contributed by atoms with Gasteiger partial charge in [-0.3, -0.25) is 0 Å². The molecule has 0 saturated heterocycles. The first kappa shape index (κ1) is 12.2. The second kappa shape index (κ2) is 5.36. The molecule has 0 bridgehead atoms. The van der Waals surface area contributed by atoms with Crippen molar-refractivity contribution in [3.05, 3.63) is 54.6 Å². The molecule has 0 N–H and O–H groups in total. The van der Waals surface area contributed by atoms with Crippen LogP contribution in [0.25, 0.3) is 10.8 Å². The molecule has 0 radical (unpaired) electrons. The molecule has 0 spiro atoms. The van der Waals surface area contributed by atoms with Crippen LogP contribution >= 0.6 is 0 Å². The summed E-state index contributed by atoms with van der Waals surface area (Å²) in [6.45, 7) is 3.68. The van der Waals surface area contributed by atoms with Gasteiger partial charge in [0.2, 0.25) is 0 Å². The van der Waals surface area contributed by atoms with Crippen molar-refractivity contribution in [3.8, 4) is 5.75 Å². The summed E-state index contributed by atoms with van der Waals surface area (Å²) in [4.78, 5) is 10.5. The normalized spacial score (nSPS) is 10.2. The number of carbonyl (C=O) groups is 1. The highest BCUT2D eigenvalue weighted by atomic mass is 16.5. The van der Waals surface area contributed by atoms with E-state index >= 15 is 0 Å². The van der Waals surface area contributed by atoms with Crippen molar-refractivity contribution >= 4 is 16.7 Å². The van der Waals surface area contributed by atoms with Crippen molar-refractivity contribution in [2.24, 2.45) is 0 Å². The third-order valence-corrected chi connectivity index (χ3v) is 2.70. The van der Waals surface area contributed by atoms with Crippen LogP contribution in [0.3, 0.4) is 0 Å². The molecular formula is C15H13O3-. The Kier molecular flexibility index (Phi) is 3.63. The zero-order valence-corrected chi connectivity index (χ0v) is 9.89. The fourth-order valence-corrected chi connectivity index (χ4v) is 1.71. The van der Waals surface area contributed by atoms with E-state index in [9.17, 15) is 9.90 Å². The lowest BCUT2D eigenvalue weighted by Gasteiger charge is -2.10. The Morgan fingerprint density at radius 3 is 2.67 bits per heavy atom. The largest absolute Gasteiger partial charge is 0.545 e. The van der Waals surface area contributed by atoms with Crippen LogP contribution in [0.5, 0.6) is 5.75 Å². The molecule has 0 aliphatic rings. The molecule has 0 aliphatic carbocycles. The molecule has 0 saturated carbocycles. The van der Waals surface area contributed by atoms with E-state index in [0.29, 0.717) is 0 Å². The lowest BCUT2D eigenvalue weighted by molar-refractivity contribution is -0.299. The van der Waals surface area contributed by atoms with Crippen LogP contribution in [0.4, 0.5) is 0 Å². The Labute approximate surface area is 105 Å². The molecule has 18 heavy (non-hydrogen) atoms. The summed E-state index contributed by atoms with van der Waals surface area (Å²) in [6, 6.07) is 13.7. The van der Waals surface area contributed by atoms with Crippen LogP contribution < -0.4 is 9.84 Å². The van der Waals surface area contributed by atoms with E-state index in [-0.39, 0.29) is 18.6 Å². The number of carboxylic acids is 1. The Balaban J connectivity index is 2.08. The van der Waals surface area contributed by atoms with Gasteiger partial charge in [0.1, 0.15) is 5.75 Å². The predicted octanol–water partition coefficient (Wildman–Crippen LogP) is 1.91. The van der Waals surface area contributed by atoms with E-state index in [1.54, 1.807) is 0 Å². The summed E-state index contributed by atoms with van der Waals surface area (Å²) < 4.78 is 5.59. The molecule has 0 unspecified atom stereocenters. The maximum atomic E-state index is 10.5. The topological polar surface area (TPSA) is 49.4 Å². The van der Waals surface area contributed by atoms with Crippen LogP contribution in [-0.4, -0.2) is 12.6 Å². The maximum Gasteiger partial charge on any atom is 0.127 e. The van der Waals surface area contributed by atoms with E-state index < -0.39 is 5.97 Å². The van der Waals surface area contributed by atoms with Gasteiger partial charge in [0.15, 0.2) is 0 Å². The number of rotatable bonds is 5. The Morgan fingerprint density at radius 2 is 1.89 bits per heavy atom. The zero-order chi connectivity index (χ0) is 13.0. The summed E-state index contributed by atoms with van der Waals surface area (Å²) in [5.41, 5.74) is 0.0511. The van der Waals surface area contributed by atoms with Gasteiger partial charge in [0, 0.05) is 11.8 Å². The number of fused-ring (bicyclic) bond motifs is 1. The Morgan fingerprint density at radius 1 is 1.17 bits per heavy atom. The average Bonchev–Trinajstić information content (AvgIpc) is 2.38. The third kappa shape index (κ3) is 2.69. The average molecular weight is 241 g/mol. The summed E-state index contributed by atoms with van der Waals surface area (Å²) in [5, 5.41) is 12.6. The van der Waals surface area contributed by atoms with Gasteiger partial charge in [-0.25, -0.2) is 0 Å². The molecule has 3 heteroatoms. The zero-order valence-electron chi connectivity index (χ0n) is 9.89. The number of carboxylic acid groups (broad SMARTS) is 1. The minimum atomic E-state index is -1.23. The van der Waals surface area contributed by atoms with Crippen molar-refractivity contribution in [2.75, 3.05) is 6.61 Å². The molecule has 0 fully saturated rings. The van der Waals surface area contributed by atoms with Crippen LogP contribution in [0, 0.1) is 0 Å². The highest BCUT2D eigenvalue weighted by molar-refractivity contribution is 5.88. The molecule has 0 aromatic heterocycles. The van der Waals surface area contributed by atoms with Gasteiger partial charge in [-0.2, -0.15) is 0 Å². The Bertz CT molecular complexity index is 582. The third-order valence-electron chi connectivity index (χ3n) is 2.70. The molecule has 92 valence electrons. The molecular weight excluding hydrogens is 228 g/mol. The smallest absolute Gasteiger partial charge is 0.127 e. The van der Waals surface area contributed by atoms with Crippen LogP contribution in [0.15, 0.2) is 54.6 Å². The number of carbonyl (C=O) groups excluding carboxylic acids is 1. The summed E-state index contributed by atoms with van der Waals surface area (Å²) in [6.07, 6.45) is 0.256. The first-order valence-electron chi connectivity index (χ1n) is 5.68. The van der Waals surface area contributed by atoms with Crippen molar-refractivity contribution in [2.45, 2.75) is 6.42 Å². The Hall–Kier alpha value is -2.29. The van der Waals surface area contributed by atoms with E-state index in [1.807, 2.05) is 42.5 Å². The van der Waals surface area contributed by atoms with Gasteiger partial charge in [-0.15, -0.1) is 0 Å². The summed E-state index contributed by atoms with van der Waals surface area (Å²) >= 11 is 0. The lowest BCUT2D eigenvalue weighted by Crippen LogP contribution is -2.24. The van der Waals surface area contributed by atoms with E-state index in [1.165, 1.54) is 0 Å².